The van der Waals surface area contributed by atoms with E-state index in [9.17, 15) is 9.59 Å². The molecule has 0 aliphatic carbocycles. The molecule has 0 fully saturated rings. The molecule has 0 aromatic heterocycles. The standard InChI is InChI=1S/C20H23NO5/c1-3-4-13-26-20(24)21(14-19(22)23)16-11-9-15(10-12-16)17-7-5-6-8-18(17)25-2/h5-12H,3-4,13-14H2,1-2H3,(H,22,23). The van der Waals surface area contributed by atoms with Gasteiger partial charge in [0.05, 0.1) is 13.7 Å². The van der Waals surface area contributed by atoms with Crippen molar-refractivity contribution >= 4 is 17.7 Å². The van der Waals surface area contributed by atoms with Crippen LogP contribution < -0.4 is 9.64 Å². The summed E-state index contributed by atoms with van der Waals surface area (Å²) in [5.41, 5.74) is 2.28. The molecule has 0 bridgehead atoms. The van der Waals surface area contributed by atoms with Crippen molar-refractivity contribution in [3.8, 4) is 16.9 Å². The Morgan fingerprint density at radius 1 is 1.08 bits per heavy atom. The molecule has 6 nitrogen and oxygen atoms in total. The number of carbonyl (C=O) groups excluding carboxylic acids is 1. The van der Waals surface area contributed by atoms with Gasteiger partial charge in [-0.1, -0.05) is 43.7 Å². The van der Waals surface area contributed by atoms with Gasteiger partial charge in [0.2, 0.25) is 0 Å². The lowest BCUT2D eigenvalue weighted by molar-refractivity contribution is -0.135. The fraction of sp³-hybridized carbons (Fsp3) is 0.300. The molecule has 0 aliphatic heterocycles. The highest BCUT2D eigenvalue weighted by molar-refractivity contribution is 5.93. The lowest BCUT2D eigenvalue weighted by atomic mass is 10.0. The highest BCUT2D eigenvalue weighted by Gasteiger charge is 2.20. The van der Waals surface area contributed by atoms with E-state index in [2.05, 4.69) is 0 Å². The van der Waals surface area contributed by atoms with Crippen LogP contribution in [0.4, 0.5) is 10.5 Å². The van der Waals surface area contributed by atoms with Crippen LogP contribution in [0.3, 0.4) is 0 Å². The third kappa shape index (κ3) is 4.99. The number of ether oxygens (including phenoxy) is 2. The summed E-state index contributed by atoms with van der Waals surface area (Å²) in [7, 11) is 1.61. The molecular formula is C20H23NO5. The number of rotatable bonds is 8. The van der Waals surface area contributed by atoms with E-state index >= 15 is 0 Å². The topological polar surface area (TPSA) is 76.1 Å². The van der Waals surface area contributed by atoms with Crippen LogP contribution in [0.5, 0.6) is 5.75 Å². The van der Waals surface area contributed by atoms with Gasteiger partial charge in [0.15, 0.2) is 0 Å². The molecule has 0 aliphatic rings. The van der Waals surface area contributed by atoms with Crippen molar-refractivity contribution < 1.29 is 24.2 Å². The van der Waals surface area contributed by atoms with E-state index in [-0.39, 0.29) is 6.61 Å². The maximum absolute atomic E-state index is 12.2. The fourth-order valence-corrected chi connectivity index (χ4v) is 2.48. The number of unbranched alkanes of at least 4 members (excludes halogenated alkanes) is 1. The van der Waals surface area contributed by atoms with E-state index in [0.717, 1.165) is 34.6 Å². The maximum atomic E-state index is 12.2. The molecule has 0 saturated carbocycles. The number of methoxy groups -OCH3 is 1. The summed E-state index contributed by atoms with van der Waals surface area (Å²) in [5.74, 6) is -0.368. The van der Waals surface area contributed by atoms with Gasteiger partial charge in [0, 0.05) is 11.3 Å². The van der Waals surface area contributed by atoms with Crippen LogP contribution in [0.2, 0.25) is 0 Å². The quantitative estimate of drug-likeness (QED) is 0.717. The molecule has 0 radical (unpaired) electrons. The smallest absolute Gasteiger partial charge is 0.414 e. The zero-order valence-electron chi connectivity index (χ0n) is 15.0. The molecular weight excluding hydrogens is 334 g/mol. The summed E-state index contributed by atoms with van der Waals surface area (Å²) < 4.78 is 10.5. The van der Waals surface area contributed by atoms with E-state index in [1.54, 1.807) is 19.2 Å². The van der Waals surface area contributed by atoms with Gasteiger partial charge < -0.3 is 14.6 Å². The van der Waals surface area contributed by atoms with Gasteiger partial charge >= 0.3 is 12.1 Å². The molecule has 2 rings (SSSR count). The van der Waals surface area contributed by atoms with Crippen molar-refractivity contribution in [1.29, 1.82) is 0 Å². The number of hydrogen-bond donors (Lipinski definition) is 1. The second-order valence-electron chi connectivity index (χ2n) is 5.69. The predicted octanol–water partition coefficient (Wildman–Crippen LogP) is 4.19. The van der Waals surface area contributed by atoms with Crippen LogP contribution >= 0.6 is 0 Å². The van der Waals surface area contributed by atoms with Crippen LogP contribution in [-0.2, 0) is 9.53 Å². The average molecular weight is 357 g/mol. The molecule has 0 unspecified atom stereocenters. The van der Waals surface area contributed by atoms with Crippen LogP contribution in [0.1, 0.15) is 19.8 Å². The van der Waals surface area contributed by atoms with E-state index in [1.807, 2.05) is 43.3 Å². The normalized spacial score (nSPS) is 10.2. The minimum atomic E-state index is -1.11. The van der Waals surface area contributed by atoms with Crippen molar-refractivity contribution in [3.63, 3.8) is 0 Å². The Kier molecular flexibility index (Phi) is 7.02. The number of carbonyl (C=O) groups is 2. The van der Waals surface area contributed by atoms with Crippen molar-refractivity contribution in [1.82, 2.24) is 0 Å². The highest BCUT2D eigenvalue weighted by atomic mass is 16.6. The summed E-state index contributed by atoms with van der Waals surface area (Å²) in [4.78, 5) is 24.5. The van der Waals surface area contributed by atoms with Crippen LogP contribution in [0.15, 0.2) is 48.5 Å². The second-order valence-corrected chi connectivity index (χ2v) is 5.69. The maximum Gasteiger partial charge on any atom is 0.414 e. The highest BCUT2D eigenvalue weighted by Crippen LogP contribution is 2.31. The summed E-state index contributed by atoms with van der Waals surface area (Å²) >= 11 is 0. The Hall–Kier alpha value is -3.02. The molecule has 0 saturated heterocycles. The molecule has 138 valence electrons. The zero-order valence-corrected chi connectivity index (χ0v) is 15.0. The number of aliphatic carboxylic acids is 1. The van der Waals surface area contributed by atoms with Gasteiger partial charge in [-0.05, 0) is 30.2 Å². The van der Waals surface area contributed by atoms with E-state index in [4.69, 9.17) is 14.6 Å². The first-order chi connectivity index (χ1) is 12.6. The Labute approximate surface area is 153 Å². The molecule has 1 amide bonds. The SMILES string of the molecule is CCCCOC(=O)N(CC(=O)O)c1ccc(-c2ccccc2OC)cc1. The van der Waals surface area contributed by atoms with E-state index < -0.39 is 18.6 Å². The summed E-state index contributed by atoms with van der Waals surface area (Å²) in [5, 5.41) is 9.10. The van der Waals surface area contributed by atoms with Crippen LogP contribution in [0.25, 0.3) is 11.1 Å². The first-order valence-corrected chi connectivity index (χ1v) is 8.46. The fourth-order valence-electron chi connectivity index (χ4n) is 2.48. The lowest BCUT2D eigenvalue weighted by Gasteiger charge is -2.20. The molecule has 6 heteroatoms. The molecule has 0 spiro atoms. The predicted molar refractivity (Wildman–Crippen MR) is 99.7 cm³/mol. The van der Waals surface area contributed by atoms with Gasteiger partial charge in [0.1, 0.15) is 12.3 Å². The monoisotopic (exact) mass is 357 g/mol. The van der Waals surface area contributed by atoms with Crippen molar-refractivity contribution in [3.05, 3.63) is 48.5 Å². The number of hydrogen-bond acceptors (Lipinski definition) is 4. The third-order valence-electron chi connectivity index (χ3n) is 3.83. The van der Waals surface area contributed by atoms with Crippen molar-refractivity contribution in [2.24, 2.45) is 0 Å². The molecule has 1 N–H and O–H groups in total. The largest absolute Gasteiger partial charge is 0.496 e. The Morgan fingerprint density at radius 2 is 1.77 bits per heavy atom. The number of para-hydroxylation sites is 1. The number of nitrogens with zero attached hydrogens (tertiary/aromatic N) is 1. The van der Waals surface area contributed by atoms with E-state index in [0.29, 0.717) is 5.69 Å². The Bertz CT molecular complexity index is 742. The zero-order chi connectivity index (χ0) is 18.9. The number of carboxylic acids is 1. The number of anilines is 1. The number of benzene rings is 2. The van der Waals surface area contributed by atoms with Gasteiger partial charge in [-0.15, -0.1) is 0 Å². The molecule has 0 atom stereocenters. The van der Waals surface area contributed by atoms with Gasteiger partial charge in [0.25, 0.3) is 0 Å². The minimum Gasteiger partial charge on any atom is -0.496 e. The lowest BCUT2D eigenvalue weighted by Crippen LogP contribution is -2.36. The Morgan fingerprint density at radius 3 is 2.38 bits per heavy atom. The van der Waals surface area contributed by atoms with Crippen molar-refractivity contribution in [2.75, 3.05) is 25.2 Å². The Balaban J connectivity index is 2.23. The van der Waals surface area contributed by atoms with E-state index in [1.165, 1.54) is 0 Å². The van der Waals surface area contributed by atoms with Gasteiger partial charge in [-0.25, -0.2) is 4.79 Å². The number of carboxylic acid groups (broad SMARTS) is 1. The first kappa shape index (κ1) is 19.3. The molecule has 2 aromatic rings. The van der Waals surface area contributed by atoms with Gasteiger partial charge in [-0.2, -0.15) is 0 Å². The third-order valence-corrected chi connectivity index (χ3v) is 3.83. The average Bonchev–Trinajstić information content (AvgIpc) is 2.66. The minimum absolute atomic E-state index is 0.269. The molecule has 26 heavy (non-hydrogen) atoms. The summed E-state index contributed by atoms with van der Waals surface area (Å²) in [6, 6.07) is 14.6. The van der Waals surface area contributed by atoms with Crippen LogP contribution in [0, 0.1) is 0 Å². The number of amides is 1. The summed E-state index contributed by atoms with van der Waals surface area (Å²) in [6.45, 7) is 1.79. The molecule has 0 heterocycles. The van der Waals surface area contributed by atoms with Gasteiger partial charge in [-0.3, -0.25) is 9.69 Å². The molecule has 2 aromatic carbocycles. The summed E-state index contributed by atoms with van der Waals surface area (Å²) in [6.07, 6.45) is 0.963. The van der Waals surface area contributed by atoms with Crippen LogP contribution in [-0.4, -0.2) is 37.4 Å². The second kappa shape index (κ2) is 9.46. The first-order valence-electron chi connectivity index (χ1n) is 8.46. The van der Waals surface area contributed by atoms with Crippen molar-refractivity contribution in [2.45, 2.75) is 19.8 Å².